The van der Waals surface area contributed by atoms with Gasteiger partial charge in [0, 0.05) is 31.2 Å². The van der Waals surface area contributed by atoms with Crippen LogP contribution in [0.25, 0.3) is 0 Å². The maximum absolute atomic E-state index is 13.5. The molecule has 11 nitrogen and oxygen atoms in total. The van der Waals surface area contributed by atoms with Crippen LogP contribution in [0.3, 0.4) is 0 Å². The molecule has 0 aliphatic rings. The van der Waals surface area contributed by atoms with E-state index in [1.165, 1.54) is 0 Å². The number of phenolic OH excluding ortho intramolecular Hbond substituents is 1. The number of primary amides is 1. The highest BCUT2D eigenvalue weighted by molar-refractivity contribution is 5.94. The van der Waals surface area contributed by atoms with Crippen LogP contribution in [0, 0.1) is 25.7 Å². The van der Waals surface area contributed by atoms with E-state index in [1.807, 2.05) is 44.2 Å². The van der Waals surface area contributed by atoms with Gasteiger partial charge < -0.3 is 33.4 Å². The van der Waals surface area contributed by atoms with Crippen molar-refractivity contribution in [2.45, 2.75) is 71.4 Å². The second-order valence-electron chi connectivity index (χ2n) is 10.9. The summed E-state index contributed by atoms with van der Waals surface area (Å²) in [6, 6.07) is 10.7. The minimum Gasteiger partial charge on any atom is -0.508 e. The standard InChI is InChI=1S/C31H44N6O5/c1-18-12-24(38)13-19(2)25(18)15-23(17-28(40)26(32)10-7-11-36-31(34)35)30(42)37-20(3)27(39)16-22(29(33)41)14-21-8-5-4-6-9-21/h4-6,8-9,12-13,20,22-23,26,38H,7,10-11,14-17,32H2,1-3H3,(H2,33,41)(H,37,42)(H4,34,35,36)/t20-,22+,23+,26+/m0/s1. The summed E-state index contributed by atoms with van der Waals surface area (Å²) in [5.41, 5.74) is 25.6. The van der Waals surface area contributed by atoms with Crippen molar-refractivity contribution in [3.8, 4) is 5.75 Å². The average Bonchev–Trinajstić information content (AvgIpc) is 2.91. The van der Waals surface area contributed by atoms with Crippen LogP contribution in [0.1, 0.15) is 54.9 Å². The number of guanidine groups is 1. The fraction of sp³-hybridized carbons (Fsp3) is 0.452. The number of nitrogens with one attached hydrogen (secondary N) is 1. The number of aryl methyl sites for hydroxylation is 2. The number of benzene rings is 2. The molecule has 10 N–H and O–H groups in total. The van der Waals surface area contributed by atoms with E-state index in [0.29, 0.717) is 25.8 Å². The quantitative estimate of drug-likeness (QED) is 0.0908. The number of rotatable bonds is 17. The van der Waals surface area contributed by atoms with Crippen molar-refractivity contribution in [3.05, 3.63) is 64.7 Å². The molecule has 228 valence electrons. The third kappa shape index (κ3) is 11.0. The number of hydrogen-bond donors (Lipinski definition) is 6. The summed E-state index contributed by atoms with van der Waals surface area (Å²) in [6.45, 7) is 5.51. The fourth-order valence-corrected chi connectivity index (χ4v) is 4.87. The number of nitrogens with two attached hydrogens (primary N) is 4. The van der Waals surface area contributed by atoms with Gasteiger partial charge in [0.15, 0.2) is 11.7 Å². The molecular formula is C31H44N6O5. The van der Waals surface area contributed by atoms with Crippen LogP contribution in [0.2, 0.25) is 0 Å². The highest BCUT2D eigenvalue weighted by Crippen LogP contribution is 2.25. The first kappa shape index (κ1) is 34.0. The molecule has 0 spiro atoms. The molecule has 42 heavy (non-hydrogen) atoms. The van der Waals surface area contributed by atoms with Gasteiger partial charge in [-0.3, -0.25) is 24.2 Å². The van der Waals surface area contributed by atoms with E-state index in [2.05, 4.69) is 10.3 Å². The lowest BCUT2D eigenvalue weighted by Crippen LogP contribution is -2.45. The van der Waals surface area contributed by atoms with Crippen LogP contribution in [-0.4, -0.2) is 53.1 Å². The van der Waals surface area contributed by atoms with Gasteiger partial charge in [-0.25, -0.2) is 0 Å². The lowest BCUT2D eigenvalue weighted by atomic mass is 9.86. The summed E-state index contributed by atoms with van der Waals surface area (Å²) in [7, 11) is 0. The number of aromatic hydroxyl groups is 1. The molecule has 2 aromatic rings. The van der Waals surface area contributed by atoms with Crippen LogP contribution in [0.5, 0.6) is 5.75 Å². The Morgan fingerprint density at radius 3 is 2.07 bits per heavy atom. The van der Waals surface area contributed by atoms with E-state index in [9.17, 15) is 24.3 Å². The molecule has 0 unspecified atom stereocenters. The number of ketones is 2. The Kier molecular flexibility index (Phi) is 13.1. The van der Waals surface area contributed by atoms with E-state index in [1.54, 1.807) is 19.1 Å². The SMILES string of the molecule is Cc1cc(O)cc(C)c1C[C@H](CC(=O)[C@H](N)CCCN=C(N)N)C(=O)N[C@@H](C)C(=O)C[C@@H](Cc1ccccc1)C(N)=O. The molecule has 0 heterocycles. The van der Waals surface area contributed by atoms with Gasteiger partial charge >= 0.3 is 0 Å². The summed E-state index contributed by atoms with van der Waals surface area (Å²) in [5.74, 6) is -3.22. The smallest absolute Gasteiger partial charge is 0.224 e. The van der Waals surface area contributed by atoms with Crippen molar-refractivity contribution < 1.29 is 24.3 Å². The van der Waals surface area contributed by atoms with Gasteiger partial charge in [0.1, 0.15) is 11.5 Å². The monoisotopic (exact) mass is 580 g/mol. The number of nitrogens with zero attached hydrogens (tertiary/aromatic N) is 1. The van der Waals surface area contributed by atoms with E-state index in [-0.39, 0.29) is 42.5 Å². The largest absolute Gasteiger partial charge is 0.508 e. The molecule has 0 aromatic heterocycles. The molecule has 0 aliphatic carbocycles. The number of carbonyl (C=O) groups is 4. The van der Waals surface area contributed by atoms with E-state index >= 15 is 0 Å². The summed E-state index contributed by atoms with van der Waals surface area (Å²) in [4.78, 5) is 55.6. The summed E-state index contributed by atoms with van der Waals surface area (Å²) in [6.07, 6.45) is 1.06. The Balaban J connectivity index is 2.16. The topological polar surface area (TPSA) is 217 Å². The number of hydrogen-bond acceptors (Lipinski definition) is 7. The number of carbonyl (C=O) groups excluding carboxylic acids is 4. The van der Waals surface area contributed by atoms with Gasteiger partial charge in [0.25, 0.3) is 0 Å². The first-order valence-corrected chi connectivity index (χ1v) is 14.1. The molecule has 0 fully saturated rings. The van der Waals surface area contributed by atoms with Crippen molar-refractivity contribution in [3.63, 3.8) is 0 Å². The van der Waals surface area contributed by atoms with Gasteiger partial charge in [-0.1, -0.05) is 30.3 Å². The van der Waals surface area contributed by atoms with E-state index in [0.717, 1.165) is 22.3 Å². The minimum atomic E-state index is -0.914. The summed E-state index contributed by atoms with van der Waals surface area (Å²) in [5, 5.41) is 12.7. The molecule has 0 saturated carbocycles. The van der Waals surface area contributed by atoms with Crippen LogP contribution < -0.4 is 28.3 Å². The van der Waals surface area contributed by atoms with Crippen LogP contribution >= 0.6 is 0 Å². The zero-order valence-electron chi connectivity index (χ0n) is 24.6. The normalized spacial score (nSPS) is 13.8. The molecule has 2 amide bonds. The number of aliphatic imine (C=N–C) groups is 1. The Bertz CT molecular complexity index is 1250. The predicted molar refractivity (Wildman–Crippen MR) is 162 cm³/mol. The highest BCUT2D eigenvalue weighted by Gasteiger charge is 2.30. The second-order valence-corrected chi connectivity index (χ2v) is 10.9. The maximum atomic E-state index is 13.5. The second kappa shape index (κ2) is 16.3. The third-order valence-corrected chi connectivity index (χ3v) is 7.35. The Labute approximate surface area is 247 Å². The third-order valence-electron chi connectivity index (χ3n) is 7.35. The predicted octanol–water partition coefficient (Wildman–Crippen LogP) is 1.32. The molecule has 0 aliphatic heterocycles. The molecule has 11 heteroatoms. The molecule has 0 bridgehead atoms. The number of Topliss-reactive ketones (excluding diaryl/α,β-unsaturated/α-hetero) is 2. The minimum absolute atomic E-state index is 0.0443. The van der Waals surface area contributed by atoms with Crippen molar-refractivity contribution in [2.75, 3.05) is 6.54 Å². The van der Waals surface area contributed by atoms with E-state index < -0.39 is 35.7 Å². The van der Waals surface area contributed by atoms with Gasteiger partial charge in [-0.15, -0.1) is 0 Å². The molecule has 2 rings (SSSR count). The van der Waals surface area contributed by atoms with Gasteiger partial charge in [-0.05, 0) is 80.8 Å². The van der Waals surface area contributed by atoms with Crippen molar-refractivity contribution >= 4 is 29.3 Å². The zero-order valence-corrected chi connectivity index (χ0v) is 24.6. The number of amides is 2. The van der Waals surface area contributed by atoms with Crippen molar-refractivity contribution in [2.24, 2.45) is 39.8 Å². The molecular weight excluding hydrogens is 536 g/mol. The first-order chi connectivity index (χ1) is 19.8. The van der Waals surface area contributed by atoms with Crippen molar-refractivity contribution in [1.82, 2.24) is 5.32 Å². The first-order valence-electron chi connectivity index (χ1n) is 14.1. The summed E-state index contributed by atoms with van der Waals surface area (Å²) >= 11 is 0. The Morgan fingerprint density at radius 2 is 1.50 bits per heavy atom. The summed E-state index contributed by atoms with van der Waals surface area (Å²) < 4.78 is 0. The fourth-order valence-electron chi connectivity index (χ4n) is 4.87. The number of phenols is 1. The average molecular weight is 581 g/mol. The highest BCUT2D eigenvalue weighted by atomic mass is 16.3. The van der Waals surface area contributed by atoms with Gasteiger partial charge in [0.05, 0.1) is 12.1 Å². The lowest BCUT2D eigenvalue weighted by molar-refractivity contribution is -0.133. The molecule has 4 atom stereocenters. The van der Waals surface area contributed by atoms with Crippen LogP contribution in [0.4, 0.5) is 0 Å². The van der Waals surface area contributed by atoms with Crippen LogP contribution in [0.15, 0.2) is 47.5 Å². The Hall–Kier alpha value is -4.25. The molecule has 0 radical (unpaired) electrons. The lowest BCUT2D eigenvalue weighted by Gasteiger charge is -2.23. The van der Waals surface area contributed by atoms with Crippen LogP contribution in [-0.2, 0) is 32.0 Å². The molecule has 0 saturated heterocycles. The van der Waals surface area contributed by atoms with Crippen molar-refractivity contribution in [1.29, 1.82) is 0 Å². The maximum Gasteiger partial charge on any atom is 0.224 e. The Morgan fingerprint density at radius 1 is 0.905 bits per heavy atom. The van der Waals surface area contributed by atoms with E-state index in [4.69, 9.17) is 22.9 Å². The zero-order chi connectivity index (χ0) is 31.4. The van der Waals surface area contributed by atoms with Gasteiger partial charge in [-0.2, -0.15) is 0 Å². The molecule has 2 aromatic carbocycles. The van der Waals surface area contributed by atoms with Gasteiger partial charge in [0.2, 0.25) is 11.8 Å².